The minimum absolute atomic E-state index is 0.259. The molecule has 4 heteroatoms. The summed E-state index contributed by atoms with van der Waals surface area (Å²) in [5, 5.41) is 0. The highest BCUT2D eigenvalue weighted by molar-refractivity contribution is 5.88. The van der Waals surface area contributed by atoms with Crippen molar-refractivity contribution in [3.05, 3.63) is 65.7 Å². The van der Waals surface area contributed by atoms with Gasteiger partial charge < -0.3 is 10.5 Å². The quantitative estimate of drug-likeness (QED) is 0.929. The van der Waals surface area contributed by atoms with Gasteiger partial charge in [-0.05, 0) is 17.2 Å². The molecule has 0 radical (unpaired) electrons. The molecule has 1 amide bonds. The van der Waals surface area contributed by atoms with Crippen molar-refractivity contribution >= 4 is 11.8 Å². The first-order valence-corrected chi connectivity index (χ1v) is 6.44. The molecular formula is C16H18N2O2. The first-order chi connectivity index (χ1) is 9.72. The van der Waals surface area contributed by atoms with Crippen molar-refractivity contribution in [1.29, 1.82) is 0 Å². The van der Waals surface area contributed by atoms with E-state index in [9.17, 15) is 4.79 Å². The average Bonchev–Trinajstić information content (AvgIpc) is 2.52. The van der Waals surface area contributed by atoms with Crippen LogP contribution in [0.5, 0.6) is 0 Å². The molecule has 0 unspecified atom stereocenters. The van der Waals surface area contributed by atoms with Gasteiger partial charge in [-0.2, -0.15) is 0 Å². The summed E-state index contributed by atoms with van der Waals surface area (Å²) in [6, 6.07) is 17.1. The Hall–Kier alpha value is -2.33. The van der Waals surface area contributed by atoms with Gasteiger partial charge >= 0.3 is 6.09 Å². The van der Waals surface area contributed by atoms with Gasteiger partial charge in [0.05, 0.1) is 5.69 Å². The van der Waals surface area contributed by atoms with Gasteiger partial charge in [-0.1, -0.05) is 48.5 Å². The highest BCUT2D eigenvalue weighted by Gasteiger charge is 2.14. The average molecular weight is 270 g/mol. The van der Waals surface area contributed by atoms with Gasteiger partial charge in [-0.25, -0.2) is 4.79 Å². The Morgan fingerprint density at radius 3 is 2.45 bits per heavy atom. The van der Waals surface area contributed by atoms with E-state index in [0.29, 0.717) is 6.54 Å². The third-order valence-electron chi connectivity index (χ3n) is 3.05. The van der Waals surface area contributed by atoms with Crippen molar-refractivity contribution in [3.63, 3.8) is 0 Å². The van der Waals surface area contributed by atoms with Gasteiger partial charge in [0, 0.05) is 13.6 Å². The highest BCUT2D eigenvalue weighted by Crippen LogP contribution is 2.19. The first kappa shape index (κ1) is 14.1. The molecule has 0 saturated heterocycles. The fraction of sp³-hybridized carbons (Fsp3) is 0.188. The molecule has 0 aliphatic rings. The van der Waals surface area contributed by atoms with Crippen LogP contribution in [0.25, 0.3) is 0 Å². The number of nitrogens with zero attached hydrogens (tertiary/aromatic N) is 1. The molecule has 0 heterocycles. The lowest BCUT2D eigenvalue weighted by atomic mass is 10.1. The summed E-state index contributed by atoms with van der Waals surface area (Å²) in [6.45, 7) is 0.640. The summed E-state index contributed by atoms with van der Waals surface area (Å²) in [5.41, 5.74) is 8.31. The third-order valence-corrected chi connectivity index (χ3v) is 3.05. The Balaban J connectivity index is 2.02. The van der Waals surface area contributed by atoms with Crippen LogP contribution in [0.3, 0.4) is 0 Å². The zero-order valence-electron chi connectivity index (χ0n) is 11.5. The van der Waals surface area contributed by atoms with Crippen LogP contribution in [0, 0.1) is 0 Å². The van der Waals surface area contributed by atoms with Crippen molar-refractivity contribution in [2.24, 2.45) is 5.73 Å². The lowest BCUT2D eigenvalue weighted by molar-refractivity contribution is 0.148. The van der Waals surface area contributed by atoms with E-state index in [-0.39, 0.29) is 6.61 Å². The van der Waals surface area contributed by atoms with Crippen LogP contribution < -0.4 is 10.6 Å². The maximum absolute atomic E-state index is 12.0. The molecule has 0 aromatic heterocycles. The van der Waals surface area contributed by atoms with Crippen LogP contribution in [0.15, 0.2) is 54.6 Å². The Morgan fingerprint density at radius 2 is 1.75 bits per heavy atom. The van der Waals surface area contributed by atoms with Gasteiger partial charge in [0.2, 0.25) is 0 Å². The topological polar surface area (TPSA) is 55.6 Å². The van der Waals surface area contributed by atoms with Crippen LogP contribution in [-0.2, 0) is 17.9 Å². The van der Waals surface area contributed by atoms with Gasteiger partial charge in [0.15, 0.2) is 0 Å². The molecule has 2 N–H and O–H groups in total. The Kier molecular flexibility index (Phi) is 4.74. The van der Waals surface area contributed by atoms with Crippen molar-refractivity contribution in [2.45, 2.75) is 13.2 Å². The highest BCUT2D eigenvalue weighted by atomic mass is 16.6. The van der Waals surface area contributed by atoms with E-state index in [1.165, 1.54) is 4.90 Å². The van der Waals surface area contributed by atoms with Crippen molar-refractivity contribution in [2.75, 3.05) is 11.9 Å². The van der Waals surface area contributed by atoms with E-state index < -0.39 is 6.09 Å². The molecule has 0 aliphatic heterocycles. The predicted molar refractivity (Wildman–Crippen MR) is 79.4 cm³/mol. The minimum atomic E-state index is -0.394. The van der Waals surface area contributed by atoms with Crippen molar-refractivity contribution in [3.8, 4) is 0 Å². The Bertz CT molecular complexity index is 570. The molecule has 2 rings (SSSR count). The summed E-state index contributed by atoms with van der Waals surface area (Å²) in [7, 11) is 1.68. The Labute approximate surface area is 118 Å². The SMILES string of the molecule is CN(C(=O)OCc1ccccc1)c1ccccc1CN. The predicted octanol–water partition coefficient (Wildman–Crippen LogP) is 2.92. The zero-order chi connectivity index (χ0) is 14.4. The number of benzene rings is 2. The summed E-state index contributed by atoms with van der Waals surface area (Å²) in [4.78, 5) is 13.5. The molecule has 0 fully saturated rings. The summed E-state index contributed by atoms with van der Waals surface area (Å²) in [6.07, 6.45) is -0.394. The number of hydrogen-bond acceptors (Lipinski definition) is 3. The normalized spacial score (nSPS) is 10.1. The number of hydrogen-bond donors (Lipinski definition) is 1. The number of rotatable bonds is 4. The van der Waals surface area contributed by atoms with E-state index >= 15 is 0 Å². The smallest absolute Gasteiger partial charge is 0.414 e. The molecule has 2 aromatic carbocycles. The third kappa shape index (κ3) is 3.36. The molecule has 0 spiro atoms. The van der Waals surface area contributed by atoms with Crippen LogP contribution in [0.2, 0.25) is 0 Å². The molecule has 0 saturated carbocycles. The molecule has 0 aliphatic carbocycles. The van der Waals surface area contributed by atoms with Gasteiger partial charge in [-0.3, -0.25) is 4.90 Å². The Morgan fingerprint density at radius 1 is 1.10 bits per heavy atom. The number of nitrogens with two attached hydrogens (primary N) is 1. The second-order valence-corrected chi connectivity index (χ2v) is 4.43. The van der Waals surface area contributed by atoms with Gasteiger partial charge in [0.1, 0.15) is 6.61 Å². The van der Waals surface area contributed by atoms with E-state index in [1.807, 2.05) is 54.6 Å². The standard InChI is InChI=1S/C16H18N2O2/c1-18(15-10-6-5-9-14(15)11-17)16(19)20-12-13-7-3-2-4-8-13/h2-10H,11-12,17H2,1H3. The fourth-order valence-corrected chi connectivity index (χ4v) is 1.93. The monoisotopic (exact) mass is 270 g/mol. The van der Waals surface area contributed by atoms with E-state index in [4.69, 9.17) is 10.5 Å². The lowest BCUT2D eigenvalue weighted by Gasteiger charge is -2.19. The number of ether oxygens (including phenoxy) is 1. The number of anilines is 1. The maximum atomic E-state index is 12.0. The van der Waals surface area contributed by atoms with Crippen LogP contribution in [-0.4, -0.2) is 13.1 Å². The van der Waals surface area contributed by atoms with Crippen LogP contribution in [0.4, 0.5) is 10.5 Å². The molecule has 0 atom stereocenters. The number of carbonyl (C=O) groups is 1. The lowest BCUT2D eigenvalue weighted by Crippen LogP contribution is -2.28. The molecule has 104 valence electrons. The van der Waals surface area contributed by atoms with Crippen LogP contribution in [0.1, 0.15) is 11.1 Å². The summed E-state index contributed by atoms with van der Waals surface area (Å²) >= 11 is 0. The van der Waals surface area contributed by atoms with Gasteiger partial charge in [0.25, 0.3) is 0 Å². The van der Waals surface area contributed by atoms with Crippen molar-refractivity contribution in [1.82, 2.24) is 0 Å². The fourth-order valence-electron chi connectivity index (χ4n) is 1.93. The largest absolute Gasteiger partial charge is 0.444 e. The molecule has 2 aromatic rings. The molecule has 0 bridgehead atoms. The zero-order valence-corrected chi connectivity index (χ0v) is 11.5. The second kappa shape index (κ2) is 6.73. The van der Waals surface area contributed by atoms with Crippen molar-refractivity contribution < 1.29 is 9.53 Å². The minimum Gasteiger partial charge on any atom is -0.444 e. The number of amides is 1. The van der Waals surface area contributed by atoms with E-state index in [2.05, 4.69) is 0 Å². The maximum Gasteiger partial charge on any atom is 0.414 e. The second-order valence-electron chi connectivity index (χ2n) is 4.43. The van der Waals surface area contributed by atoms with Gasteiger partial charge in [-0.15, -0.1) is 0 Å². The molecule has 4 nitrogen and oxygen atoms in total. The first-order valence-electron chi connectivity index (χ1n) is 6.44. The van der Waals surface area contributed by atoms with E-state index in [0.717, 1.165) is 16.8 Å². The number of para-hydroxylation sites is 1. The molecule has 20 heavy (non-hydrogen) atoms. The molecular weight excluding hydrogens is 252 g/mol. The summed E-state index contributed by atoms with van der Waals surface area (Å²) in [5.74, 6) is 0. The van der Waals surface area contributed by atoms with Crippen LogP contribution >= 0.6 is 0 Å². The summed E-state index contributed by atoms with van der Waals surface area (Å²) < 4.78 is 5.29. The number of carbonyl (C=O) groups excluding carboxylic acids is 1. The van der Waals surface area contributed by atoms with E-state index in [1.54, 1.807) is 7.05 Å².